The quantitative estimate of drug-likeness (QED) is 0.748. The molecule has 84 valence electrons. The van der Waals surface area contributed by atoms with Gasteiger partial charge in [-0.15, -0.1) is 13.2 Å². The minimum absolute atomic E-state index is 0.0319. The number of nitriles is 1. The van der Waals surface area contributed by atoms with E-state index in [1.807, 2.05) is 0 Å². The molecule has 0 amide bonds. The van der Waals surface area contributed by atoms with Crippen molar-refractivity contribution >= 4 is 6.29 Å². The van der Waals surface area contributed by atoms with Crippen LogP contribution < -0.4 is 4.74 Å². The largest absolute Gasteiger partial charge is 0.573 e. The molecule has 0 bridgehead atoms. The van der Waals surface area contributed by atoms with Gasteiger partial charge >= 0.3 is 6.36 Å². The fourth-order valence-electron chi connectivity index (χ4n) is 1.12. The number of carbonyl (C=O) groups excluding carboxylic acids is 1. The monoisotopic (exact) mass is 229 g/mol. The van der Waals surface area contributed by atoms with Crippen LogP contribution in [0.4, 0.5) is 13.2 Å². The number of alkyl halides is 3. The maximum absolute atomic E-state index is 12.0. The van der Waals surface area contributed by atoms with Crippen LogP contribution in [0.1, 0.15) is 15.9 Å². The van der Waals surface area contributed by atoms with Crippen LogP contribution >= 0.6 is 0 Å². The second kappa shape index (κ2) is 4.66. The summed E-state index contributed by atoms with van der Waals surface area (Å²) in [6.07, 6.45) is -4.59. The average molecular weight is 229 g/mol. The van der Waals surface area contributed by atoms with Crippen molar-refractivity contribution in [1.82, 2.24) is 0 Å². The van der Waals surface area contributed by atoms with Crippen molar-refractivity contribution < 1.29 is 22.7 Å². The molecule has 0 N–H and O–H groups in total. The predicted octanol–water partition coefficient (Wildman–Crippen LogP) is 2.46. The third-order valence-corrected chi connectivity index (χ3v) is 1.72. The van der Waals surface area contributed by atoms with Crippen LogP contribution in [0.5, 0.6) is 5.75 Å². The highest BCUT2D eigenvalue weighted by atomic mass is 19.4. The number of hydrogen-bond donors (Lipinski definition) is 0. The minimum atomic E-state index is -4.81. The van der Waals surface area contributed by atoms with E-state index in [1.54, 1.807) is 6.07 Å². The third-order valence-electron chi connectivity index (χ3n) is 1.72. The lowest BCUT2D eigenvalue weighted by Crippen LogP contribution is -2.18. The van der Waals surface area contributed by atoms with Gasteiger partial charge in [0.25, 0.3) is 0 Å². The number of ether oxygens (including phenoxy) is 1. The molecule has 3 nitrogen and oxygen atoms in total. The van der Waals surface area contributed by atoms with E-state index in [2.05, 4.69) is 4.74 Å². The molecule has 0 atom stereocenters. The maximum Gasteiger partial charge on any atom is 0.573 e. The summed E-state index contributed by atoms with van der Waals surface area (Å²) in [5.41, 5.74) is 0.226. The summed E-state index contributed by atoms with van der Waals surface area (Å²) in [5.74, 6) is -0.459. The Morgan fingerprint density at radius 3 is 2.62 bits per heavy atom. The maximum atomic E-state index is 12.0. The van der Waals surface area contributed by atoms with Gasteiger partial charge in [-0.05, 0) is 18.2 Å². The molecule has 0 spiro atoms. The molecule has 6 heteroatoms. The Morgan fingerprint density at radius 1 is 1.44 bits per heavy atom. The average Bonchev–Trinajstić information content (AvgIpc) is 2.19. The van der Waals surface area contributed by atoms with E-state index < -0.39 is 12.1 Å². The summed E-state index contributed by atoms with van der Waals surface area (Å²) in [6.45, 7) is 0. The molecule has 1 aromatic carbocycles. The van der Waals surface area contributed by atoms with Gasteiger partial charge in [0.2, 0.25) is 0 Å². The molecule has 1 rings (SSSR count). The number of benzene rings is 1. The molecule has 0 heterocycles. The molecule has 0 radical (unpaired) electrons. The molecule has 0 aliphatic rings. The Hall–Kier alpha value is -2.03. The molecular weight excluding hydrogens is 223 g/mol. The van der Waals surface area contributed by atoms with Gasteiger partial charge in [-0.3, -0.25) is 4.79 Å². The van der Waals surface area contributed by atoms with E-state index in [0.717, 1.165) is 6.07 Å². The molecule has 0 unspecified atom stereocenters. The minimum Gasteiger partial charge on any atom is -0.405 e. The van der Waals surface area contributed by atoms with Crippen LogP contribution in [-0.2, 0) is 6.42 Å². The van der Waals surface area contributed by atoms with Crippen molar-refractivity contribution in [2.24, 2.45) is 0 Å². The van der Waals surface area contributed by atoms with Gasteiger partial charge < -0.3 is 4.74 Å². The molecule has 0 fully saturated rings. The first-order chi connectivity index (χ1) is 7.46. The fraction of sp³-hybridized carbons (Fsp3) is 0.200. The van der Waals surface area contributed by atoms with E-state index in [1.165, 1.54) is 12.1 Å². The summed E-state index contributed by atoms with van der Waals surface area (Å²) in [5, 5.41) is 8.43. The molecular formula is C10H6F3NO2. The van der Waals surface area contributed by atoms with Crippen LogP contribution in [0.3, 0.4) is 0 Å². The van der Waals surface area contributed by atoms with Crippen molar-refractivity contribution in [3.8, 4) is 11.8 Å². The number of hydrogen-bond acceptors (Lipinski definition) is 3. The smallest absolute Gasteiger partial charge is 0.405 e. The molecule has 0 saturated carbocycles. The summed E-state index contributed by atoms with van der Waals surface area (Å²) < 4.78 is 39.6. The lowest BCUT2D eigenvalue weighted by atomic mass is 10.1. The lowest BCUT2D eigenvalue weighted by Gasteiger charge is -2.11. The SMILES string of the molecule is N#CCc1cc(C=O)ccc1OC(F)(F)F. The Bertz CT molecular complexity index is 435. The summed E-state index contributed by atoms with van der Waals surface area (Å²) >= 11 is 0. The number of halogens is 3. The standard InChI is InChI=1S/C10H6F3NO2/c11-10(12,13)16-9-2-1-7(6-15)5-8(9)3-4-14/h1-2,5-6H,3H2. The molecule has 0 aliphatic carbocycles. The van der Waals surface area contributed by atoms with Gasteiger partial charge in [-0.25, -0.2) is 0 Å². The Morgan fingerprint density at radius 2 is 2.12 bits per heavy atom. The Labute approximate surface area is 89.1 Å². The van der Waals surface area contributed by atoms with Crippen molar-refractivity contribution in [2.45, 2.75) is 12.8 Å². The highest BCUT2D eigenvalue weighted by molar-refractivity contribution is 5.75. The van der Waals surface area contributed by atoms with Gasteiger partial charge in [0.05, 0.1) is 12.5 Å². The third kappa shape index (κ3) is 3.28. The van der Waals surface area contributed by atoms with Gasteiger partial charge in [0.15, 0.2) is 0 Å². The van der Waals surface area contributed by atoms with E-state index in [4.69, 9.17) is 5.26 Å². The fourth-order valence-corrected chi connectivity index (χ4v) is 1.12. The first-order valence-electron chi connectivity index (χ1n) is 4.17. The highest BCUT2D eigenvalue weighted by Gasteiger charge is 2.32. The first kappa shape index (κ1) is 12.0. The molecule has 0 saturated heterocycles. The van der Waals surface area contributed by atoms with E-state index in [-0.39, 0.29) is 17.5 Å². The van der Waals surface area contributed by atoms with Crippen molar-refractivity contribution in [3.05, 3.63) is 29.3 Å². The van der Waals surface area contributed by atoms with Gasteiger partial charge in [0.1, 0.15) is 12.0 Å². The van der Waals surface area contributed by atoms with Gasteiger partial charge in [-0.1, -0.05) is 0 Å². The number of aldehydes is 1. The first-order valence-corrected chi connectivity index (χ1v) is 4.17. The highest BCUT2D eigenvalue weighted by Crippen LogP contribution is 2.27. The number of nitrogens with zero attached hydrogens (tertiary/aromatic N) is 1. The van der Waals surface area contributed by atoms with Crippen LogP contribution in [0.2, 0.25) is 0 Å². The van der Waals surface area contributed by atoms with Crippen LogP contribution in [-0.4, -0.2) is 12.6 Å². The Kier molecular flexibility index (Phi) is 3.51. The second-order valence-corrected chi connectivity index (χ2v) is 2.87. The van der Waals surface area contributed by atoms with Gasteiger partial charge in [0, 0.05) is 11.1 Å². The summed E-state index contributed by atoms with van der Waals surface area (Å²) in [7, 11) is 0. The van der Waals surface area contributed by atoms with Crippen molar-refractivity contribution in [3.63, 3.8) is 0 Å². The number of carbonyl (C=O) groups is 1. The zero-order valence-electron chi connectivity index (χ0n) is 7.91. The van der Waals surface area contributed by atoms with E-state index in [9.17, 15) is 18.0 Å². The van der Waals surface area contributed by atoms with Crippen molar-refractivity contribution in [1.29, 1.82) is 5.26 Å². The summed E-state index contributed by atoms with van der Waals surface area (Å²) in [6, 6.07) is 5.10. The lowest BCUT2D eigenvalue weighted by molar-refractivity contribution is -0.274. The molecule has 1 aromatic rings. The molecule has 0 aromatic heterocycles. The Balaban J connectivity index is 3.08. The van der Waals surface area contributed by atoms with Crippen LogP contribution in [0.25, 0.3) is 0 Å². The number of rotatable bonds is 3. The second-order valence-electron chi connectivity index (χ2n) is 2.87. The van der Waals surface area contributed by atoms with Gasteiger partial charge in [-0.2, -0.15) is 5.26 Å². The molecule has 0 aliphatic heterocycles. The van der Waals surface area contributed by atoms with Crippen molar-refractivity contribution in [2.75, 3.05) is 0 Å². The van der Waals surface area contributed by atoms with Crippen LogP contribution in [0, 0.1) is 11.3 Å². The van der Waals surface area contributed by atoms with E-state index in [0.29, 0.717) is 6.29 Å². The zero-order valence-corrected chi connectivity index (χ0v) is 7.91. The van der Waals surface area contributed by atoms with Crippen LogP contribution in [0.15, 0.2) is 18.2 Å². The molecule has 16 heavy (non-hydrogen) atoms. The zero-order chi connectivity index (χ0) is 12.2. The normalized spacial score (nSPS) is 10.6. The topological polar surface area (TPSA) is 50.1 Å². The van der Waals surface area contributed by atoms with E-state index >= 15 is 0 Å². The predicted molar refractivity (Wildman–Crippen MR) is 47.8 cm³/mol. The summed E-state index contributed by atoms with van der Waals surface area (Å²) in [4.78, 5) is 10.4.